The molecule has 1 heterocycles. The fourth-order valence-corrected chi connectivity index (χ4v) is 1.46. The third-order valence-electron chi connectivity index (χ3n) is 2.28. The van der Waals surface area contributed by atoms with Gasteiger partial charge in [0, 0.05) is 39.3 Å². The largest absolute Gasteiger partial charge is 0.465 e. The van der Waals surface area contributed by atoms with Crippen molar-refractivity contribution in [1.82, 2.24) is 15.5 Å². The second-order valence-corrected chi connectivity index (χ2v) is 3.44. The number of rotatable bonds is 6. The third-order valence-corrected chi connectivity index (χ3v) is 2.28. The molecular formula is C9H19N3O3. The van der Waals surface area contributed by atoms with Crippen LogP contribution < -0.4 is 10.6 Å². The van der Waals surface area contributed by atoms with Crippen molar-refractivity contribution in [3.8, 4) is 0 Å². The van der Waals surface area contributed by atoms with Crippen molar-refractivity contribution < 1.29 is 14.6 Å². The number of amides is 1. The molecule has 0 aromatic rings. The van der Waals surface area contributed by atoms with Gasteiger partial charge < -0.3 is 20.5 Å². The predicted molar refractivity (Wildman–Crippen MR) is 56.2 cm³/mol. The van der Waals surface area contributed by atoms with Gasteiger partial charge >= 0.3 is 6.09 Å². The van der Waals surface area contributed by atoms with Gasteiger partial charge in [0.15, 0.2) is 0 Å². The Bertz CT molecular complexity index is 183. The number of nitrogens with zero attached hydrogens (tertiary/aromatic N) is 1. The summed E-state index contributed by atoms with van der Waals surface area (Å²) in [5, 5.41) is 13.8. The van der Waals surface area contributed by atoms with Crippen LogP contribution in [0.4, 0.5) is 4.79 Å². The lowest BCUT2D eigenvalue weighted by molar-refractivity contribution is 0.0996. The summed E-state index contributed by atoms with van der Waals surface area (Å²) in [7, 11) is 0. The molecule has 0 unspecified atom stereocenters. The Morgan fingerprint density at radius 3 is 2.80 bits per heavy atom. The Kier molecular flexibility index (Phi) is 6.06. The molecule has 88 valence electrons. The van der Waals surface area contributed by atoms with Crippen molar-refractivity contribution >= 4 is 6.09 Å². The summed E-state index contributed by atoms with van der Waals surface area (Å²) >= 11 is 0. The summed E-state index contributed by atoms with van der Waals surface area (Å²) in [6.07, 6.45) is -0.999. The van der Waals surface area contributed by atoms with Crippen LogP contribution in [0.25, 0.3) is 0 Å². The van der Waals surface area contributed by atoms with Gasteiger partial charge in [0.1, 0.15) is 0 Å². The minimum Gasteiger partial charge on any atom is -0.465 e. The smallest absolute Gasteiger partial charge is 0.404 e. The molecule has 3 N–H and O–H groups in total. The molecule has 6 nitrogen and oxygen atoms in total. The normalized spacial score (nSPS) is 17.6. The van der Waals surface area contributed by atoms with E-state index in [1.165, 1.54) is 0 Å². The minimum absolute atomic E-state index is 0.358. The Hall–Kier alpha value is -0.850. The Balaban J connectivity index is 1.85. The number of carbonyl (C=O) groups is 1. The van der Waals surface area contributed by atoms with E-state index < -0.39 is 6.09 Å². The van der Waals surface area contributed by atoms with Crippen molar-refractivity contribution in [2.45, 2.75) is 0 Å². The first-order chi connectivity index (χ1) is 7.29. The molecule has 0 spiro atoms. The average molecular weight is 217 g/mol. The SMILES string of the molecule is O=C(O)NCCOCCN1CCNCC1. The van der Waals surface area contributed by atoms with E-state index in [1.54, 1.807) is 0 Å². The van der Waals surface area contributed by atoms with Gasteiger partial charge in [-0.25, -0.2) is 4.79 Å². The zero-order valence-corrected chi connectivity index (χ0v) is 8.87. The maximum atomic E-state index is 10.1. The van der Waals surface area contributed by atoms with Crippen LogP contribution >= 0.6 is 0 Å². The van der Waals surface area contributed by atoms with Gasteiger partial charge in [-0.2, -0.15) is 0 Å². The van der Waals surface area contributed by atoms with Crippen LogP contribution in [0.15, 0.2) is 0 Å². The van der Waals surface area contributed by atoms with E-state index in [1.807, 2.05) is 0 Å². The fraction of sp³-hybridized carbons (Fsp3) is 0.889. The van der Waals surface area contributed by atoms with Crippen LogP contribution in [0, 0.1) is 0 Å². The molecular weight excluding hydrogens is 198 g/mol. The molecule has 15 heavy (non-hydrogen) atoms. The van der Waals surface area contributed by atoms with Gasteiger partial charge in [-0.3, -0.25) is 4.90 Å². The number of carboxylic acid groups (broad SMARTS) is 1. The topological polar surface area (TPSA) is 73.8 Å². The van der Waals surface area contributed by atoms with E-state index in [9.17, 15) is 4.79 Å². The molecule has 0 saturated carbocycles. The summed E-state index contributed by atoms with van der Waals surface area (Å²) in [4.78, 5) is 12.4. The highest BCUT2D eigenvalue weighted by Gasteiger charge is 2.08. The lowest BCUT2D eigenvalue weighted by atomic mass is 10.4. The average Bonchev–Trinajstić information content (AvgIpc) is 2.24. The molecule has 6 heteroatoms. The molecule has 0 aliphatic carbocycles. The summed E-state index contributed by atoms with van der Waals surface area (Å²) in [6.45, 7) is 6.61. The van der Waals surface area contributed by atoms with Crippen molar-refractivity contribution in [3.63, 3.8) is 0 Å². The summed E-state index contributed by atoms with van der Waals surface area (Å²) in [5.74, 6) is 0. The predicted octanol–water partition coefficient (Wildman–Crippen LogP) is -0.824. The van der Waals surface area contributed by atoms with E-state index in [-0.39, 0.29) is 0 Å². The molecule has 0 aromatic carbocycles. The van der Waals surface area contributed by atoms with Crippen molar-refractivity contribution in [2.75, 3.05) is 52.5 Å². The molecule has 1 saturated heterocycles. The van der Waals surface area contributed by atoms with Gasteiger partial charge in [0.2, 0.25) is 0 Å². The molecule has 0 aromatic heterocycles. The van der Waals surface area contributed by atoms with Gasteiger partial charge in [-0.05, 0) is 0 Å². The summed E-state index contributed by atoms with van der Waals surface area (Å²) < 4.78 is 5.30. The van der Waals surface area contributed by atoms with Crippen molar-refractivity contribution in [1.29, 1.82) is 0 Å². The molecule has 1 aliphatic heterocycles. The van der Waals surface area contributed by atoms with Crippen LogP contribution in [0.1, 0.15) is 0 Å². The second kappa shape index (κ2) is 7.44. The van der Waals surface area contributed by atoms with E-state index in [0.717, 1.165) is 32.7 Å². The number of hydrogen-bond acceptors (Lipinski definition) is 4. The fourth-order valence-electron chi connectivity index (χ4n) is 1.46. The monoisotopic (exact) mass is 217 g/mol. The van der Waals surface area contributed by atoms with Crippen LogP contribution in [0.3, 0.4) is 0 Å². The van der Waals surface area contributed by atoms with Gasteiger partial charge in [0.25, 0.3) is 0 Å². The lowest BCUT2D eigenvalue weighted by Crippen LogP contribution is -2.44. The Morgan fingerprint density at radius 1 is 1.40 bits per heavy atom. The first-order valence-corrected chi connectivity index (χ1v) is 5.26. The highest BCUT2D eigenvalue weighted by molar-refractivity contribution is 5.64. The lowest BCUT2D eigenvalue weighted by Gasteiger charge is -2.26. The van der Waals surface area contributed by atoms with Crippen LogP contribution in [0.5, 0.6) is 0 Å². The van der Waals surface area contributed by atoms with E-state index in [2.05, 4.69) is 15.5 Å². The Labute approximate surface area is 89.6 Å². The van der Waals surface area contributed by atoms with Crippen molar-refractivity contribution in [3.05, 3.63) is 0 Å². The quantitative estimate of drug-likeness (QED) is 0.507. The highest BCUT2D eigenvalue weighted by Crippen LogP contribution is 1.91. The van der Waals surface area contributed by atoms with E-state index >= 15 is 0 Å². The van der Waals surface area contributed by atoms with Crippen LogP contribution in [-0.2, 0) is 4.74 Å². The molecule has 1 amide bonds. The zero-order valence-electron chi connectivity index (χ0n) is 8.87. The standard InChI is InChI=1S/C9H19N3O3/c13-9(14)11-3-7-15-8-6-12-4-1-10-2-5-12/h10-11H,1-8H2,(H,13,14). The van der Waals surface area contributed by atoms with E-state index in [0.29, 0.717) is 19.8 Å². The zero-order chi connectivity index (χ0) is 10.9. The van der Waals surface area contributed by atoms with Gasteiger partial charge in [-0.1, -0.05) is 0 Å². The number of nitrogens with one attached hydrogen (secondary N) is 2. The molecule has 0 bridgehead atoms. The molecule has 1 rings (SSSR count). The maximum absolute atomic E-state index is 10.1. The maximum Gasteiger partial charge on any atom is 0.404 e. The molecule has 0 atom stereocenters. The number of ether oxygens (including phenoxy) is 1. The van der Waals surface area contributed by atoms with Crippen LogP contribution in [-0.4, -0.2) is 68.6 Å². The van der Waals surface area contributed by atoms with Crippen LogP contribution in [0.2, 0.25) is 0 Å². The van der Waals surface area contributed by atoms with Gasteiger partial charge in [0.05, 0.1) is 13.2 Å². The number of hydrogen-bond donors (Lipinski definition) is 3. The molecule has 0 radical (unpaired) electrons. The van der Waals surface area contributed by atoms with E-state index in [4.69, 9.17) is 9.84 Å². The summed E-state index contributed by atoms with van der Waals surface area (Å²) in [5.41, 5.74) is 0. The second-order valence-electron chi connectivity index (χ2n) is 3.44. The highest BCUT2D eigenvalue weighted by atomic mass is 16.5. The van der Waals surface area contributed by atoms with Gasteiger partial charge in [-0.15, -0.1) is 0 Å². The third kappa shape index (κ3) is 6.27. The Morgan fingerprint density at radius 2 is 2.13 bits per heavy atom. The number of piperazine rings is 1. The molecule has 1 aliphatic rings. The first kappa shape index (κ1) is 12.2. The van der Waals surface area contributed by atoms with Crippen molar-refractivity contribution in [2.24, 2.45) is 0 Å². The summed E-state index contributed by atoms with van der Waals surface area (Å²) in [6, 6.07) is 0. The first-order valence-electron chi connectivity index (χ1n) is 5.26. The minimum atomic E-state index is -0.999. The molecule has 1 fully saturated rings.